The van der Waals surface area contributed by atoms with Gasteiger partial charge in [-0.15, -0.1) is 0 Å². The Hall–Kier alpha value is -4.25. The number of carbonyl (C=O) groups is 3. The number of carboxylic acids is 1. The average Bonchev–Trinajstić information content (AvgIpc) is 2.91. The lowest BCUT2D eigenvalue weighted by molar-refractivity contribution is -0.587. The monoisotopic (exact) mass is 545 g/mol. The van der Waals surface area contributed by atoms with Crippen LogP contribution in [0.15, 0.2) is 72.9 Å². The Morgan fingerprint density at radius 2 is 1.59 bits per heavy atom. The van der Waals surface area contributed by atoms with E-state index in [-0.39, 0.29) is 18.6 Å². The van der Waals surface area contributed by atoms with E-state index in [0.717, 1.165) is 28.7 Å². The topological polar surface area (TPSA) is 125 Å². The molecule has 0 fully saturated rings. The number of primary amides is 1. The Balaban J connectivity index is 0.000000673. The molecule has 3 rings (SSSR count). The van der Waals surface area contributed by atoms with Crippen molar-refractivity contribution in [2.24, 2.45) is 5.92 Å². The summed E-state index contributed by atoms with van der Waals surface area (Å²) in [6, 6.07) is 21.0. The minimum Gasteiger partial charge on any atom is -0.542 e. The third kappa shape index (κ3) is 10.9. The summed E-state index contributed by atoms with van der Waals surface area (Å²) in [5.41, 5.74) is 3.87. The third-order valence-corrected chi connectivity index (χ3v) is 5.28. The van der Waals surface area contributed by atoms with Crippen LogP contribution in [0.3, 0.4) is 0 Å². The first-order valence-corrected chi connectivity index (χ1v) is 12.1. The minimum absolute atomic E-state index is 0.192. The van der Waals surface area contributed by atoms with Gasteiger partial charge in [0.2, 0.25) is 0 Å². The van der Waals surface area contributed by atoms with Crippen molar-refractivity contribution < 1.29 is 42.7 Å². The van der Waals surface area contributed by atoms with E-state index in [1.807, 2.05) is 66.7 Å². The van der Waals surface area contributed by atoms with Gasteiger partial charge in [-0.3, -0.25) is 9.78 Å². The van der Waals surface area contributed by atoms with Crippen LogP contribution in [0.4, 0.5) is 18.0 Å². The lowest BCUT2D eigenvalue weighted by Crippen LogP contribution is -2.86. The molecule has 0 saturated carbocycles. The second kappa shape index (κ2) is 15.2. The van der Waals surface area contributed by atoms with Crippen LogP contribution in [-0.4, -0.2) is 35.7 Å². The molecule has 1 heterocycles. The minimum atomic E-state index is -5.19. The van der Waals surface area contributed by atoms with Gasteiger partial charge in [-0.1, -0.05) is 74.5 Å². The van der Waals surface area contributed by atoms with Gasteiger partial charge in [0.15, 0.2) is 0 Å². The van der Waals surface area contributed by atoms with Crippen molar-refractivity contribution in [2.45, 2.75) is 39.6 Å². The molecule has 0 unspecified atom stereocenters. The largest absolute Gasteiger partial charge is 0.542 e. The molecule has 1 aromatic heterocycles. The lowest BCUT2D eigenvalue weighted by Gasteiger charge is -2.13. The number of nitrogens with zero attached hydrogens (tertiary/aromatic N) is 1. The molecule has 0 aliphatic heterocycles. The fraction of sp³-hybridized carbons (Fsp3) is 0.286. The summed E-state index contributed by atoms with van der Waals surface area (Å²) >= 11 is 0. The van der Waals surface area contributed by atoms with Crippen LogP contribution < -0.4 is 15.7 Å². The van der Waals surface area contributed by atoms with Crippen LogP contribution in [-0.2, 0) is 22.7 Å². The van der Waals surface area contributed by atoms with Crippen molar-refractivity contribution in [3.8, 4) is 11.1 Å². The second-order valence-electron chi connectivity index (χ2n) is 8.78. The number of carbonyl (C=O) groups excluding carboxylic acids is 3. The quantitative estimate of drug-likeness (QED) is 0.426. The zero-order chi connectivity index (χ0) is 28.8. The molecule has 0 spiro atoms. The molecular weight excluding hydrogens is 515 g/mol. The molecule has 208 valence electrons. The Morgan fingerprint density at radius 1 is 0.974 bits per heavy atom. The number of amides is 2. The van der Waals surface area contributed by atoms with E-state index in [1.165, 1.54) is 5.32 Å². The molecule has 0 aliphatic carbocycles. The van der Waals surface area contributed by atoms with E-state index >= 15 is 0 Å². The van der Waals surface area contributed by atoms with Gasteiger partial charge in [0.25, 0.3) is 5.91 Å². The van der Waals surface area contributed by atoms with E-state index in [0.29, 0.717) is 24.7 Å². The van der Waals surface area contributed by atoms with Crippen LogP contribution in [0, 0.1) is 5.92 Å². The number of benzene rings is 2. The summed E-state index contributed by atoms with van der Waals surface area (Å²) in [7, 11) is 0. The van der Waals surface area contributed by atoms with Gasteiger partial charge in [-0.05, 0) is 29.5 Å². The lowest BCUT2D eigenvalue weighted by atomic mass is 9.98. The normalized spacial score (nSPS) is 10.8. The maximum atomic E-state index is 12.8. The van der Waals surface area contributed by atoms with Crippen molar-refractivity contribution in [2.75, 3.05) is 6.54 Å². The first kappa shape index (κ1) is 31.0. The van der Waals surface area contributed by atoms with Crippen molar-refractivity contribution in [3.05, 3.63) is 89.7 Å². The summed E-state index contributed by atoms with van der Waals surface area (Å²) in [5.74, 6) is -2.69. The maximum absolute atomic E-state index is 12.8. The van der Waals surface area contributed by atoms with Crippen LogP contribution >= 0.6 is 0 Å². The number of carboxylic acid groups (broad SMARTS) is 1. The van der Waals surface area contributed by atoms with Crippen LogP contribution in [0.1, 0.15) is 41.9 Å². The van der Waals surface area contributed by atoms with Crippen molar-refractivity contribution in [1.82, 2.24) is 10.3 Å². The van der Waals surface area contributed by atoms with Crippen molar-refractivity contribution >= 4 is 18.0 Å². The Labute approximate surface area is 224 Å². The standard InChI is InChI=1S/C26H29N3O3.C2HF3O2/c1-19(2)14-16-28-25(30)24-23(13-8-15-27-24)22-12-7-6-11-21(22)17-29-26(31)32-18-20-9-4-3-5-10-20;3-2(4,5)1(6)7/h3-13,15,19H,14,16-18H2,1-2H3,(H,28,30)(H,29,31);(H,6,7). The Bertz CT molecular complexity index is 1230. The second-order valence-corrected chi connectivity index (χ2v) is 8.78. The van der Waals surface area contributed by atoms with E-state index < -0.39 is 12.1 Å². The molecule has 2 aromatic carbocycles. The van der Waals surface area contributed by atoms with E-state index in [1.54, 1.807) is 6.20 Å². The van der Waals surface area contributed by atoms with E-state index in [9.17, 15) is 22.8 Å². The smallest absolute Gasteiger partial charge is 0.513 e. The first-order valence-electron chi connectivity index (χ1n) is 12.1. The number of nitrogens with two attached hydrogens (primary N) is 1. The molecule has 0 atom stereocenters. The van der Waals surface area contributed by atoms with Crippen molar-refractivity contribution in [1.29, 1.82) is 0 Å². The highest BCUT2D eigenvalue weighted by Gasteiger charge is 2.28. The molecule has 0 bridgehead atoms. The Kier molecular flexibility index (Phi) is 12.1. The molecule has 8 nitrogen and oxygen atoms in total. The fourth-order valence-electron chi connectivity index (χ4n) is 3.30. The van der Waals surface area contributed by atoms with Gasteiger partial charge in [0.05, 0.1) is 0 Å². The number of nitrogens with one attached hydrogen (secondary N) is 1. The number of hydrogen-bond acceptors (Lipinski definition) is 6. The fourth-order valence-corrected chi connectivity index (χ4v) is 3.30. The van der Waals surface area contributed by atoms with Crippen LogP contribution in [0.25, 0.3) is 11.1 Å². The van der Waals surface area contributed by atoms with Crippen LogP contribution in [0.2, 0.25) is 0 Å². The van der Waals surface area contributed by atoms with Gasteiger partial charge in [0.1, 0.15) is 24.8 Å². The molecule has 39 heavy (non-hydrogen) atoms. The Morgan fingerprint density at radius 3 is 2.23 bits per heavy atom. The number of rotatable bonds is 9. The number of pyridine rings is 1. The van der Waals surface area contributed by atoms with E-state index in [4.69, 9.17) is 14.6 Å². The number of halogens is 3. The molecule has 3 aromatic rings. The predicted octanol–water partition coefficient (Wildman–Crippen LogP) is 3.22. The highest BCUT2D eigenvalue weighted by molar-refractivity contribution is 5.99. The number of aliphatic carboxylic acids is 1. The highest BCUT2D eigenvalue weighted by atomic mass is 19.4. The van der Waals surface area contributed by atoms with Gasteiger partial charge < -0.3 is 20.0 Å². The summed E-state index contributed by atoms with van der Waals surface area (Å²) < 4.78 is 36.9. The summed E-state index contributed by atoms with van der Waals surface area (Å²) in [6.07, 6.45) is -3.04. The molecule has 3 N–H and O–H groups in total. The summed E-state index contributed by atoms with van der Waals surface area (Å²) in [5, 5.41) is 13.3. The van der Waals surface area contributed by atoms with Gasteiger partial charge in [-0.2, -0.15) is 18.0 Å². The highest BCUT2D eigenvalue weighted by Crippen LogP contribution is 2.25. The third-order valence-electron chi connectivity index (χ3n) is 5.28. The number of alkyl halides is 3. The van der Waals surface area contributed by atoms with Crippen LogP contribution in [0.5, 0.6) is 0 Å². The zero-order valence-corrected chi connectivity index (χ0v) is 21.5. The van der Waals surface area contributed by atoms with Gasteiger partial charge in [0, 0.05) is 23.9 Å². The molecule has 11 heteroatoms. The summed E-state index contributed by atoms with van der Waals surface area (Å²) in [6.45, 7) is 5.48. The molecule has 2 amide bonds. The SMILES string of the molecule is CC(C)CCNC(=O)c1ncccc1-c1ccccc1C[NH2+]C(=O)OCc1ccccc1.O=C([O-])C(F)(F)F. The number of aromatic nitrogens is 1. The predicted molar refractivity (Wildman–Crippen MR) is 135 cm³/mol. The zero-order valence-electron chi connectivity index (χ0n) is 21.5. The maximum Gasteiger partial charge on any atom is 0.513 e. The van der Waals surface area contributed by atoms with Crippen molar-refractivity contribution in [3.63, 3.8) is 0 Å². The molecule has 0 saturated heterocycles. The number of ether oxygens (including phenoxy) is 1. The molecular formula is C28H30F3N3O5. The average molecular weight is 546 g/mol. The molecule has 0 radical (unpaired) electrons. The van der Waals surface area contributed by atoms with Gasteiger partial charge >= 0.3 is 12.3 Å². The molecule has 0 aliphatic rings. The first-order chi connectivity index (χ1) is 18.5. The van der Waals surface area contributed by atoms with Gasteiger partial charge in [-0.25, -0.2) is 5.32 Å². The summed E-state index contributed by atoms with van der Waals surface area (Å²) in [4.78, 5) is 38.1. The van der Waals surface area contributed by atoms with E-state index in [2.05, 4.69) is 24.1 Å². The number of quaternary nitrogens is 1. The number of hydrogen-bond donors (Lipinski definition) is 2.